The molecule has 0 fully saturated rings. The van der Waals surface area contributed by atoms with Crippen LogP contribution in [0.4, 0.5) is 0 Å². The first-order valence-corrected chi connectivity index (χ1v) is 9.72. The predicted octanol–water partition coefficient (Wildman–Crippen LogP) is 4.76. The molecule has 0 saturated carbocycles. The van der Waals surface area contributed by atoms with Gasteiger partial charge in [-0.15, -0.1) is 0 Å². The van der Waals surface area contributed by atoms with Gasteiger partial charge in [-0.25, -0.2) is 4.98 Å². The molecule has 0 spiro atoms. The maximum atomic E-state index is 6.20. The van der Waals surface area contributed by atoms with Gasteiger partial charge in [0.2, 0.25) is 0 Å². The van der Waals surface area contributed by atoms with E-state index >= 15 is 0 Å². The minimum atomic E-state index is 0.811. The van der Waals surface area contributed by atoms with Crippen molar-refractivity contribution in [2.24, 2.45) is 4.99 Å². The predicted molar refractivity (Wildman–Crippen MR) is 115 cm³/mol. The monoisotopic (exact) mass is 378 g/mol. The highest BCUT2D eigenvalue weighted by Gasteiger charge is 2.19. The summed E-state index contributed by atoms with van der Waals surface area (Å²) in [6.45, 7) is 1.74. The minimum absolute atomic E-state index is 0.811. The maximum Gasteiger partial charge on any atom is 0.154 e. The average molecular weight is 378 g/mol. The zero-order valence-corrected chi connectivity index (χ0v) is 15.7. The molecular formula is C24H18N4O. The van der Waals surface area contributed by atoms with Crippen LogP contribution >= 0.6 is 0 Å². The molecule has 5 nitrogen and oxygen atoms in total. The number of hydrogen-bond acceptors (Lipinski definition) is 4. The lowest BCUT2D eigenvalue weighted by molar-refractivity contribution is 0.628. The van der Waals surface area contributed by atoms with Gasteiger partial charge in [-0.1, -0.05) is 48.5 Å². The van der Waals surface area contributed by atoms with E-state index < -0.39 is 0 Å². The van der Waals surface area contributed by atoms with E-state index in [9.17, 15) is 0 Å². The highest BCUT2D eigenvalue weighted by atomic mass is 16.3. The third-order valence-corrected chi connectivity index (χ3v) is 5.29. The zero-order valence-electron chi connectivity index (χ0n) is 15.7. The summed E-state index contributed by atoms with van der Waals surface area (Å²) in [7, 11) is 0. The van der Waals surface area contributed by atoms with Crippen LogP contribution in [0.1, 0.15) is 5.56 Å². The van der Waals surface area contributed by atoms with Gasteiger partial charge < -0.3 is 9.73 Å². The van der Waals surface area contributed by atoms with Crippen molar-refractivity contribution in [3.8, 4) is 22.7 Å². The van der Waals surface area contributed by atoms with Crippen molar-refractivity contribution in [1.82, 2.24) is 14.7 Å². The molecule has 4 heterocycles. The van der Waals surface area contributed by atoms with E-state index in [-0.39, 0.29) is 0 Å². The van der Waals surface area contributed by atoms with Crippen LogP contribution in [0.5, 0.6) is 0 Å². The lowest BCUT2D eigenvalue weighted by Crippen LogP contribution is -2.19. The van der Waals surface area contributed by atoms with E-state index in [4.69, 9.17) is 9.40 Å². The number of pyridine rings is 1. The quantitative estimate of drug-likeness (QED) is 0.492. The molecule has 0 unspecified atom stereocenters. The molecule has 0 radical (unpaired) electrons. The number of nitrogens with one attached hydrogen (secondary N) is 1. The Hall–Kier alpha value is -3.86. The molecule has 0 amide bonds. The molecule has 6 rings (SSSR count). The van der Waals surface area contributed by atoms with Gasteiger partial charge in [0.15, 0.2) is 5.76 Å². The van der Waals surface area contributed by atoms with Gasteiger partial charge in [0, 0.05) is 29.3 Å². The molecule has 2 aromatic carbocycles. The Bertz CT molecular complexity index is 1340. The Balaban J connectivity index is 1.54. The number of amidine groups is 1. The Morgan fingerprint density at radius 3 is 2.55 bits per heavy atom. The highest BCUT2D eigenvalue weighted by Crippen LogP contribution is 2.36. The third-order valence-electron chi connectivity index (χ3n) is 5.29. The van der Waals surface area contributed by atoms with Gasteiger partial charge in [-0.3, -0.25) is 9.39 Å². The summed E-state index contributed by atoms with van der Waals surface area (Å²) in [5, 5.41) is 4.40. The Morgan fingerprint density at radius 2 is 1.72 bits per heavy atom. The normalized spacial score (nSPS) is 13.7. The van der Waals surface area contributed by atoms with Crippen molar-refractivity contribution < 1.29 is 4.42 Å². The molecule has 0 bridgehead atoms. The van der Waals surface area contributed by atoms with E-state index in [2.05, 4.69) is 51.1 Å². The molecule has 0 atom stereocenters. The fourth-order valence-electron chi connectivity index (χ4n) is 3.91. The van der Waals surface area contributed by atoms with E-state index in [1.165, 1.54) is 0 Å². The number of furan rings is 1. The van der Waals surface area contributed by atoms with Gasteiger partial charge >= 0.3 is 0 Å². The molecule has 1 aliphatic rings. The maximum absolute atomic E-state index is 6.20. The first-order chi connectivity index (χ1) is 14.4. The molecule has 0 saturated heterocycles. The summed E-state index contributed by atoms with van der Waals surface area (Å²) in [4.78, 5) is 9.42. The van der Waals surface area contributed by atoms with E-state index in [0.29, 0.717) is 0 Å². The Labute approximate surface area is 167 Å². The summed E-state index contributed by atoms with van der Waals surface area (Å²) in [5.41, 5.74) is 5.78. The summed E-state index contributed by atoms with van der Waals surface area (Å²) < 4.78 is 8.28. The van der Waals surface area contributed by atoms with Crippen LogP contribution < -0.4 is 5.32 Å². The van der Waals surface area contributed by atoms with Crippen molar-refractivity contribution in [1.29, 1.82) is 0 Å². The Morgan fingerprint density at radius 1 is 0.897 bits per heavy atom. The molecular weight excluding hydrogens is 360 g/mol. The number of para-hydroxylation sites is 1. The Kier molecular flexibility index (Phi) is 3.53. The third kappa shape index (κ3) is 2.63. The number of aromatic nitrogens is 2. The zero-order chi connectivity index (χ0) is 19.2. The van der Waals surface area contributed by atoms with Gasteiger partial charge in [-0.2, -0.15) is 0 Å². The summed E-state index contributed by atoms with van der Waals surface area (Å²) in [6.07, 6.45) is 2.03. The molecule has 1 aliphatic heterocycles. The van der Waals surface area contributed by atoms with Crippen molar-refractivity contribution in [3.05, 3.63) is 84.6 Å². The number of nitrogens with zero attached hydrogens (tertiary/aromatic N) is 3. The van der Waals surface area contributed by atoms with Crippen molar-refractivity contribution in [2.75, 3.05) is 13.1 Å². The minimum Gasteiger partial charge on any atom is -0.454 e. The lowest BCUT2D eigenvalue weighted by atomic mass is 10.1. The number of aliphatic imine (C=N–C) groups is 1. The second-order valence-corrected chi connectivity index (χ2v) is 7.12. The van der Waals surface area contributed by atoms with Gasteiger partial charge in [0.05, 0.1) is 6.54 Å². The van der Waals surface area contributed by atoms with Crippen LogP contribution in [0.25, 0.3) is 39.3 Å². The number of fused-ring (bicyclic) bond motifs is 2. The molecule has 140 valence electrons. The van der Waals surface area contributed by atoms with Crippen molar-refractivity contribution in [3.63, 3.8) is 0 Å². The fraction of sp³-hybridized carbons (Fsp3) is 0.0833. The fourth-order valence-corrected chi connectivity index (χ4v) is 3.91. The number of rotatable bonds is 3. The first kappa shape index (κ1) is 16.1. The van der Waals surface area contributed by atoms with Crippen LogP contribution in [-0.2, 0) is 0 Å². The second kappa shape index (κ2) is 6.34. The van der Waals surface area contributed by atoms with Crippen LogP contribution in [0.2, 0.25) is 0 Å². The van der Waals surface area contributed by atoms with Gasteiger partial charge in [0.25, 0.3) is 0 Å². The summed E-state index contributed by atoms with van der Waals surface area (Å²) >= 11 is 0. The first-order valence-electron chi connectivity index (χ1n) is 9.72. The number of benzene rings is 2. The van der Waals surface area contributed by atoms with Crippen molar-refractivity contribution >= 4 is 22.5 Å². The molecule has 1 N–H and O–H groups in total. The SMILES string of the molecule is c1ccc2oc(-c3c(-c4ccc(C5=NCCN5)cc4)nc4ccccn34)cc2c1. The van der Waals surface area contributed by atoms with Crippen molar-refractivity contribution in [2.45, 2.75) is 0 Å². The van der Waals surface area contributed by atoms with Crippen LogP contribution in [0.15, 0.2) is 88.4 Å². The lowest BCUT2D eigenvalue weighted by Gasteiger charge is -2.05. The molecule has 5 aromatic rings. The average Bonchev–Trinajstić information content (AvgIpc) is 3.51. The van der Waals surface area contributed by atoms with Crippen LogP contribution in [0.3, 0.4) is 0 Å². The number of hydrogen-bond donors (Lipinski definition) is 1. The van der Waals surface area contributed by atoms with E-state index in [0.717, 1.165) is 63.8 Å². The number of imidazole rings is 1. The molecule has 0 aliphatic carbocycles. The van der Waals surface area contributed by atoms with E-state index in [1.54, 1.807) is 0 Å². The second-order valence-electron chi connectivity index (χ2n) is 7.12. The smallest absolute Gasteiger partial charge is 0.154 e. The molecule has 5 heteroatoms. The summed E-state index contributed by atoms with van der Waals surface area (Å²) in [6, 6.07) is 24.6. The standard InChI is InChI=1S/C24H18N4O/c1-2-6-19-18(5-1)15-20(29-19)23-22(27-21-7-3-4-14-28(21)23)16-8-10-17(11-9-16)24-25-12-13-26-24/h1-11,14-15H,12-13H2,(H,25,26). The van der Waals surface area contributed by atoms with E-state index in [1.807, 2.05) is 42.6 Å². The summed E-state index contributed by atoms with van der Waals surface area (Å²) in [5.74, 6) is 1.77. The van der Waals surface area contributed by atoms with Gasteiger partial charge in [0.1, 0.15) is 28.5 Å². The topological polar surface area (TPSA) is 54.8 Å². The highest BCUT2D eigenvalue weighted by molar-refractivity contribution is 6.00. The van der Waals surface area contributed by atoms with Crippen LogP contribution in [0, 0.1) is 0 Å². The molecule has 3 aromatic heterocycles. The molecule has 29 heavy (non-hydrogen) atoms. The largest absolute Gasteiger partial charge is 0.454 e. The van der Waals surface area contributed by atoms with Gasteiger partial charge in [-0.05, 0) is 24.3 Å². The van der Waals surface area contributed by atoms with Crippen LogP contribution in [-0.4, -0.2) is 28.3 Å².